The summed E-state index contributed by atoms with van der Waals surface area (Å²) in [5, 5.41) is 8.78. The van der Waals surface area contributed by atoms with Crippen molar-refractivity contribution in [1.29, 1.82) is 0 Å². The molecule has 0 bridgehead atoms. The highest BCUT2D eigenvalue weighted by Gasteiger charge is 2.34. The second kappa shape index (κ2) is 12.1. The van der Waals surface area contributed by atoms with E-state index in [1.54, 1.807) is 18.2 Å². The van der Waals surface area contributed by atoms with Gasteiger partial charge in [0.25, 0.3) is 0 Å². The highest BCUT2D eigenvalue weighted by atomic mass is 19.1. The summed E-state index contributed by atoms with van der Waals surface area (Å²) in [5.74, 6) is -2.50. The summed E-state index contributed by atoms with van der Waals surface area (Å²) < 4.78 is 21.0. The molecule has 2 heterocycles. The molecule has 0 aliphatic carbocycles. The van der Waals surface area contributed by atoms with Crippen molar-refractivity contribution in [2.24, 2.45) is 10.9 Å². The summed E-state index contributed by atoms with van der Waals surface area (Å²) >= 11 is 0. The Balaban J connectivity index is 1.42. The van der Waals surface area contributed by atoms with Crippen LogP contribution in [0.5, 0.6) is 5.75 Å². The number of hydrogen-bond donors (Lipinski definition) is 3. The Labute approximate surface area is 248 Å². The van der Waals surface area contributed by atoms with Crippen molar-refractivity contribution in [3.63, 3.8) is 0 Å². The zero-order valence-electron chi connectivity index (χ0n) is 24.3. The average molecular weight is 586 g/mol. The highest BCUT2D eigenvalue weighted by molar-refractivity contribution is 6.23. The third kappa shape index (κ3) is 5.89. The molecule has 1 unspecified atom stereocenters. The summed E-state index contributed by atoms with van der Waals surface area (Å²) in [6.45, 7) is 4.53. The van der Waals surface area contributed by atoms with Crippen molar-refractivity contribution < 1.29 is 28.3 Å². The van der Waals surface area contributed by atoms with Gasteiger partial charge in [-0.15, -0.1) is 0 Å². The molecule has 0 radical (unpaired) electrons. The number of amides is 5. The van der Waals surface area contributed by atoms with Crippen molar-refractivity contribution in [3.05, 3.63) is 71.0 Å². The van der Waals surface area contributed by atoms with E-state index in [9.17, 15) is 19.2 Å². The van der Waals surface area contributed by atoms with E-state index < -0.39 is 29.6 Å². The standard InChI is InChI=1S/C32H32FN5O5/c1-17-21(19-11-26(33)24(28(12-19)43-4)15-34-20-13-29(39)35-14-20)7-5-8-22(17)23-9-6-10-27(18(23)2)37-30(40)25-16-36-32(42)38(3)31(25)41/h5-12,16,20,25,34H,13-15H2,1-4H3,(H,35,39)(H,37,40)/t20-,25?/m0/s1. The summed E-state index contributed by atoms with van der Waals surface area (Å²) in [6.07, 6.45) is 1.41. The number of hydrogen-bond acceptors (Lipinski definition) is 6. The SMILES string of the molecule is COc1cc(-c2cccc(-c3cccc(NC(=O)C4C=NC(=O)N(C)C4=O)c3C)c2C)cc(F)c1CN[C@@H]1CNC(=O)C1. The minimum absolute atomic E-state index is 0.0295. The van der Waals surface area contributed by atoms with Gasteiger partial charge in [0.15, 0.2) is 5.92 Å². The van der Waals surface area contributed by atoms with Crippen LogP contribution in [0.1, 0.15) is 23.1 Å². The van der Waals surface area contributed by atoms with E-state index >= 15 is 4.39 Å². The van der Waals surface area contributed by atoms with Gasteiger partial charge < -0.3 is 20.7 Å². The highest BCUT2D eigenvalue weighted by Crippen LogP contribution is 2.37. The topological polar surface area (TPSA) is 129 Å². The number of urea groups is 1. The van der Waals surface area contributed by atoms with Crippen LogP contribution in [-0.4, -0.2) is 61.6 Å². The van der Waals surface area contributed by atoms with Crippen LogP contribution in [0.4, 0.5) is 14.9 Å². The van der Waals surface area contributed by atoms with Crippen molar-refractivity contribution >= 4 is 35.7 Å². The van der Waals surface area contributed by atoms with Gasteiger partial charge in [-0.3, -0.25) is 19.3 Å². The van der Waals surface area contributed by atoms with E-state index in [1.165, 1.54) is 20.2 Å². The van der Waals surface area contributed by atoms with E-state index in [1.807, 2.05) is 38.1 Å². The number of methoxy groups -OCH3 is 1. The van der Waals surface area contributed by atoms with Crippen LogP contribution in [0.2, 0.25) is 0 Å². The maximum absolute atomic E-state index is 15.5. The van der Waals surface area contributed by atoms with Gasteiger partial charge in [0, 0.05) is 50.1 Å². The Kier molecular flexibility index (Phi) is 8.36. The van der Waals surface area contributed by atoms with Crippen molar-refractivity contribution in [2.75, 3.05) is 26.0 Å². The molecule has 43 heavy (non-hydrogen) atoms. The predicted molar refractivity (Wildman–Crippen MR) is 160 cm³/mol. The number of aliphatic imine (C=N–C) groups is 1. The van der Waals surface area contributed by atoms with Gasteiger partial charge in [0.1, 0.15) is 11.6 Å². The first-order valence-corrected chi connectivity index (χ1v) is 13.8. The number of ether oxygens (including phenoxy) is 1. The van der Waals surface area contributed by atoms with Crippen molar-refractivity contribution in [3.8, 4) is 28.0 Å². The maximum atomic E-state index is 15.5. The molecule has 2 aliphatic heterocycles. The monoisotopic (exact) mass is 585 g/mol. The first kappa shape index (κ1) is 29.6. The first-order chi connectivity index (χ1) is 20.6. The van der Waals surface area contributed by atoms with E-state index in [2.05, 4.69) is 20.9 Å². The van der Waals surface area contributed by atoms with Gasteiger partial charge >= 0.3 is 6.03 Å². The van der Waals surface area contributed by atoms with Crippen molar-refractivity contribution in [2.45, 2.75) is 32.9 Å². The average Bonchev–Trinajstić information content (AvgIpc) is 3.41. The molecule has 5 rings (SSSR count). The molecule has 5 amide bonds. The Hall–Kier alpha value is -4.90. The molecular weight excluding hydrogens is 553 g/mol. The second-order valence-corrected chi connectivity index (χ2v) is 10.6. The minimum Gasteiger partial charge on any atom is -0.496 e. The smallest absolute Gasteiger partial charge is 0.349 e. The molecule has 3 aromatic rings. The normalized spacial score (nSPS) is 18.2. The molecule has 222 valence electrons. The minimum atomic E-state index is -1.21. The van der Waals surface area contributed by atoms with Crippen LogP contribution in [0.3, 0.4) is 0 Å². The Morgan fingerprint density at radius 3 is 2.47 bits per heavy atom. The van der Waals surface area contributed by atoms with Gasteiger partial charge in [0.2, 0.25) is 17.7 Å². The second-order valence-electron chi connectivity index (χ2n) is 10.6. The van der Waals surface area contributed by atoms with Crippen LogP contribution < -0.4 is 20.7 Å². The van der Waals surface area contributed by atoms with E-state index in [4.69, 9.17) is 4.74 Å². The quantitative estimate of drug-likeness (QED) is 0.343. The number of carbonyl (C=O) groups is 4. The van der Waals surface area contributed by atoms with Crippen LogP contribution >= 0.6 is 0 Å². The molecule has 1 saturated heterocycles. The van der Waals surface area contributed by atoms with Gasteiger partial charge in [0.05, 0.1) is 7.11 Å². The molecule has 1 fully saturated rings. The molecule has 2 aliphatic rings. The number of imide groups is 1. The van der Waals surface area contributed by atoms with Crippen LogP contribution in [0, 0.1) is 25.6 Å². The Bertz CT molecular complexity index is 1670. The van der Waals surface area contributed by atoms with Gasteiger partial charge in [-0.1, -0.05) is 30.3 Å². The molecule has 0 spiro atoms. The molecule has 2 atom stereocenters. The lowest BCUT2D eigenvalue weighted by Gasteiger charge is -2.22. The number of nitrogens with one attached hydrogen (secondary N) is 3. The van der Waals surface area contributed by atoms with Crippen LogP contribution in [0.15, 0.2) is 53.5 Å². The lowest BCUT2D eigenvalue weighted by molar-refractivity contribution is -0.134. The molecule has 0 saturated carbocycles. The summed E-state index contributed by atoms with van der Waals surface area (Å²) in [6, 6.07) is 13.7. The molecule has 0 aromatic heterocycles. The lowest BCUT2D eigenvalue weighted by atomic mass is 9.90. The molecular formula is C32H32FN5O5. The predicted octanol–water partition coefficient (Wildman–Crippen LogP) is 3.98. The summed E-state index contributed by atoms with van der Waals surface area (Å²) in [5.41, 5.74) is 5.75. The van der Waals surface area contributed by atoms with Gasteiger partial charge in [-0.05, 0) is 65.4 Å². The zero-order valence-corrected chi connectivity index (χ0v) is 24.3. The van der Waals surface area contributed by atoms with Gasteiger partial charge in [-0.2, -0.15) is 0 Å². The van der Waals surface area contributed by atoms with E-state index in [0.717, 1.165) is 38.9 Å². The van der Waals surface area contributed by atoms with Crippen LogP contribution in [-0.2, 0) is 20.9 Å². The fraction of sp³-hybridized carbons (Fsp3) is 0.281. The Morgan fingerprint density at radius 2 is 1.77 bits per heavy atom. The molecule has 10 nitrogen and oxygen atoms in total. The lowest BCUT2D eigenvalue weighted by Crippen LogP contribution is -2.45. The van der Waals surface area contributed by atoms with Crippen LogP contribution in [0.25, 0.3) is 22.3 Å². The molecule has 3 N–H and O–H groups in total. The van der Waals surface area contributed by atoms with E-state index in [0.29, 0.717) is 35.5 Å². The number of carbonyl (C=O) groups excluding carboxylic acids is 4. The molecule has 3 aromatic carbocycles. The third-order valence-electron chi connectivity index (χ3n) is 7.95. The number of nitrogens with zero attached hydrogens (tertiary/aromatic N) is 2. The number of benzene rings is 3. The number of halogens is 1. The van der Waals surface area contributed by atoms with Crippen molar-refractivity contribution in [1.82, 2.24) is 15.5 Å². The summed E-state index contributed by atoms with van der Waals surface area (Å²) in [4.78, 5) is 53.0. The fourth-order valence-electron chi connectivity index (χ4n) is 5.40. The fourth-order valence-corrected chi connectivity index (χ4v) is 5.40. The Morgan fingerprint density at radius 1 is 1.07 bits per heavy atom. The zero-order chi connectivity index (χ0) is 30.8. The number of rotatable bonds is 8. The third-order valence-corrected chi connectivity index (χ3v) is 7.95. The van der Waals surface area contributed by atoms with E-state index in [-0.39, 0.29) is 18.5 Å². The summed E-state index contributed by atoms with van der Waals surface area (Å²) in [7, 11) is 2.78. The van der Waals surface area contributed by atoms with Gasteiger partial charge in [-0.25, -0.2) is 14.2 Å². The first-order valence-electron chi connectivity index (χ1n) is 13.8. The molecule has 11 heteroatoms. The number of anilines is 1. The maximum Gasteiger partial charge on any atom is 0.349 e. The largest absolute Gasteiger partial charge is 0.496 e.